The van der Waals surface area contributed by atoms with Gasteiger partial charge in [-0.25, -0.2) is 16.8 Å². The molecular formula is C17H21NO6S3. The van der Waals surface area contributed by atoms with Crippen molar-refractivity contribution in [1.29, 1.82) is 0 Å². The summed E-state index contributed by atoms with van der Waals surface area (Å²) in [5.41, 5.74) is 0. The fourth-order valence-electron chi connectivity index (χ4n) is 3.09. The number of methoxy groups -OCH3 is 2. The number of sulfonamides is 1. The number of benzene rings is 1. The van der Waals surface area contributed by atoms with E-state index in [9.17, 15) is 16.8 Å². The molecular weight excluding hydrogens is 410 g/mol. The molecule has 0 radical (unpaired) electrons. The first kappa shape index (κ1) is 20.1. The van der Waals surface area contributed by atoms with Crippen LogP contribution in [0.15, 0.2) is 40.6 Å². The Hall–Kier alpha value is -1.62. The van der Waals surface area contributed by atoms with Crippen LogP contribution in [0, 0.1) is 0 Å². The van der Waals surface area contributed by atoms with Gasteiger partial charge in [0.15, 0.2) is 9.84 Å². The summed E-state index contributed by atoms with van der Waals surface area (Å²) in [5.74, 6) is 0.422. The van der Waals surface area contributed by atoms with Gasteiger partial charge in [-0.2, -0.15) is 4.31 Å². The summed E-state index contributed by atoms with van der Waals surface area (Å²) < 4.78 is 63.1. The standard InChI is InChI=1S/C17H21NO6S3/c1-23-13-5-6-16(14(12-13)24-2)27(21,22)18-8-7-17(15-4-3-10-25-15)26(19,20)11-9-18/h3-6,10,12,17H,7-9,11H2,1-2H3. The molecule has 1 aromatic heterocycles. The second-order valence-electron chi connectivity index (χ2n) is 6.08. The fourth-order valence-corrected chi connectivity index (χ4v) is 7.80. The molecule has 1 atom stereocenters. The summed E-state index contributed by atoms with van der Waals surface area (Å²) in [4.78, 5) is 0.744. The van der Waals surface area contributed by atoms with E-state index >= 15 is 0 Å². The monoisotopic (exact) mass is 431 g/mol. The lowest BCUT2D eigenvalue weighted by Gasteiger charge is -2.21. The van der Waals surface area contributed by atoms with Crippen molar-refractivity contribution >= 4 is 31.2 Å². The minimum absolute atomic E-state index is 0.00206. The van der Waals surface area contributed by atoms with Gasteiger partial charge in [-0.05, 0) is 30.0 Å². The van der Waals surface area contributed by atoms with Crippen LogP contribution < -0.4 is 9.47 Å². The normalized spacial score (nSPS) is 20.7. The number of rotatable bonds is 5. The topological polar surface area (TPSA) is 90.0 Å². The molecule has 1 unspecified atom stereocenters. The van der Waals surface area contributed by atoms with Gasteiger partial charge in [0.2, 0.25) is 10.0 Å². The summed E-state index contributed by atoms with van der Waals surface area (Å²) in [7, 11) is -4.47. The Morgan fingerprint density at radius 2 is 1.93 bits per heavy atom. The van der Waals surface area contributed by atoms with Crippen LogP contribution in [-0.4, -0.2) is 54.2 Å². The Labute approximate surface area is 163 Å². The molecule has 1 aliphatic rings. The number of thiophene rings is 1. The lowest BCUT2D eigenvalue weighted by molar-refractivity contribution is 0.381. The molecule has 1 aromatic carbocycles. The summed E-state index contributed by atoms with van der Waals surface area (Å²) in [6, 6.07) is 8.04. The molecule has 1 fully saturated rings. The van der Waals surface area contributed by atoms with Crippen molar-refractivity contribution in [2.75, 3.05) is 33.1 Å². The molecule has 2 heterocycles. The molecule has 0 spiro atoms. The summed E-state index contributed by atoms with van der Waals surface area (Å²) in [6.07, 6.45) is 0.223. The van der Waals surface area contributed by atoms with Crippen LogP contribution >= 0.6 is 11.3 Å². The maximum absolute atomic E-state index is 13.1. The van der Waals surface area contributed by atoms with Crippen molar-refractivity contribution in [2.24, 2.45) is 0 Å². The minimum atomic E-state index is -3.90. The van der Waals surface area contributed by atoms with Gasteiger partial charge in [-0.15, -0.1) is 11.3 Å². The second-order valence-corrected chi connectivity index (χ2v) is 11.3. The third-order valence-electron chi connectivity index (χ3n) is 4.55. The van der Waals surface area contributed by atoms with Crippen LogP contribution in [0.1, 0.15) is 16.5 Å². The molecule has 0 saturated carbocycles. The predicted octanol–water partition coefficient (Wildman–Crippen LogP) is 2.32. The highest BCUT2D eigenvalue weighted by Crippen LogP contribution is 2.35. The van der Waals surface area contributed by atoms with E-state index in [1.807, 2.05) is 5.38 Å². The molecule has 148 valence electrons. The van der Waals surface area contributed by atoms with Crippen molar-refractivity contribution in [1.82, 2.24) is 4.31 Å². The van der Waals surface area contributed by atoms with E-state index in [1.54, 1.807) is 18.2 Å². The van der Waals surface area contributed by atoms with Crippen LogP contribution in [0.4, 0.5) is 0 Å². The molecule has 2 aromatic rings. The minimum Gasteiger partial charge on any atom is -0.497 e. The summed E-state index contributed by atoms with van der Waals surface area (Å²) >= 11 is 1.38. The van der Waals surface area contributed by atoms with E-state index in [4.69, 9.17) is 9.47 Å². The Balaban J connectivity index is 1.93. The second kappa shape index (κ2) is 7.78. The van der Waals surface area contributed by atoms with Crippen molar-refractivity contribution < 1.29 is 26.3 Å². The van der Waals surface area contributed by atoms with E-state index in [-0.39, 0.29) is 35.9 Å². The number of hydrogen-bond acceptors (Lipinski definition) is 7. The van der Waals surface area contributed by atoms with Gasteiger partial charge in [0.05, 0.1) is 25.2 Å². The maximum Gasteiger partial charge on any atom is 0.246 e. The van der Waals surface area contributed by atoms with Crippen LogP contribution in [0.3, 0.4) is 0 Å². The third-order valence-corrected chi connectivity index (χ3v) is 9.73. The maximum atomic E-state index is 13.1. The van der Waals surface area contributed by atoms with Gasteiger partial charge in [-0.3, -0.25) is 0 Å². The molecule has 27 heavy (non-hydrogen) atoms. The van der Waals surface area contributed by atoms with E-state index in [0.717, 1.165) is 4.88 Å². The molecule has 10 heteroatoms. The fraction of sp³-hybridized carbons (Fsp3) is 0.412. The zero-order valence-corrected chi connectivity index (χ0v) is 17.4. The molecule has 7 nitrogen and oxygen atoms in total. The Morgan fingerprint density at radius 3 is 2.56 bits per heavy atom. The van der Waals surface area contributed by atoms with Gasteiger partial charge in [-0.1, -0.05) is 6.07 Å². The predicted molar refractivity (Wildman–Crippen MR) is 104 cm³/mol. The summed E-state index contributed by atoms with van der Waals surface area (Å²) in [5, 5.41) is 1.16. The largest absolute Gasteiger partial charge is 0.497 e. The molecule has 0 amide bonds. The molecule has 0 N–H and O–H groups in total. The first-order valence-electron chi connectivity index (χ1n) is 8.27. The smallest absolute Gasteiger partial charge is 0.246 e. The Kier molecular flexibility index (Phi) is 5.80. The Bertz CT molecular complexity index is 999. The van der Waals surface area contributed by atoms with Gasteiger partial charge in [0.25, 0.3) is 0 Å². The molecule has 0 bridgehead atoms. The lowest BCUT2D eigenvalue weighted by atomic mass is 10.2. The van der Waals surface area contributed by atoms with E-state index in [2.05, 4.69) is 0 Å². The van der Waals surface area contributed by atoms with Crippen molar-refractivity contribution in [3.63, 3.8) is 0 Å². The van der Waals surface area contributed by atoms with Crippen LogP contribution in [-0.2, 0) is 19.9 Å². The van der Waals surface area contributed by atoms with E-state index < -0.39 is 25.1 Å². The SMILES string of the molecule is COc1ccc(S(=O)(=O)N2CCC(c3cccs3)S(=O)(=O)CC2)c(OC)c1. The Morgan fingerprint density at radius 1 is 1.15 bits per heavy atom. The average Bonchev–Trinajstić information content (AvgIpc) is 3.11. The van der Waals surface area contributed by atoms with Crippen LogP contribution in [0.25, 0.3) is 0 Å². The van der Waals surface area contributed by atoms with Gasteiger partial charge < -0.3 is 9.47 Å². The van der Waals surface area contributed by atoms with E-state index in [0.29, 0.717) is 5.75 Å². The van der Waals surface area contributed by atoms with Crippen LogP contribution in [0.5, 0.6) is 11.5 Å². The van der Waals surface area contributed by atoms with Gasteiger partial charge in [0, 0.05) is 24.0 Å². The zero-order valence-electron chi connectivity index (χ0n) is 15.0. The van der Waals surface area contributed by atoms with Crippen molar-refractivity contribution in [3.8, 4) is 11.5 Å². The number of ether oxygens (including phenoxy) is 2. The number of sulfone groups is 1. The number of nitrogens with zero attached hydrogens (tertiary/aromatic N) is 1. The third kappa shape index (κ3) is 3.98. The summed E-state index contributed by atoms with van der Waals surface area (Å²) in [6.45, 7) is 0.0427. The lowest BCUT2D eigenvalue weighted by Crippen LogP contribution is -2.33. The first-order valence-corrected chi connectivity index (χ1v) is 12.3. The zero-order chi connectivity index (χ0) is 19.7. The van der Waals surface area contributed by atoms with Crippen molar-refractivity contribution in [2.45, 2.75) is 16.6 Å². The van der Waals surface area contributed by atoms with E-state index in [1.165, 1.54) is 42.0 Å². The van der Waals surface area contributed by atoms with Gasteiger partial charge >= 0.3 is 0 Å². The molecule has 0 aliphatic carbocycles. The molecule has 1 saturated heterocycles. The average molecular weight is 432 g/mol. The number of hydrogen-bond donors (Lipinski definition) is 0. The highest BCUT2D eigenvalue weighted by Gasteiger charge is 2.37. The molecule has 1 aliphatic heterocycles. The van der Waals surface area contributed by atoms with Crippen LogP contribution in [0.2, 0.25) is 0 Å². The molecule has 3 rings (SSSR count). The quantitative estimate of drug-likeness (QED) is 0.722. The highest BCUT2D eigenvalue weighted by molar-refractivity contribution is 7.92. The van der Waals surface area contributed by atoms with Crippen molar-refractivity contribution in [3.05, 3.63) is 40.6 Å². The highest BCUT2D eigenvalue weighted by atomic mass is 32.2. The first-order chi connectivity index (χ1) is 12.8. The van der Waals surface area contributed by atoms with Gasteiger partial charge in [0.1, 0.15) is 16.4 Å².